The van der Waals surface area contributed by atoms with E-state index >= 15 is 0 Å². The van der Waals surface area contributed by atoms with Crippen molar-refractivity contribution in [3.05, 3.63) is 54.1 Å². The molecule has 0 saturated heterocycles. The lowest BCUT2D eigenvalue weighted by molar-refractivity contribution is 0.336. The predicted octanol–water partition coefficient (Wildman–Crippen LogP) is 3.40. The van der Waals surface area contributed by atoms with E-state index in [4.69, 9.17) is 9.47 Å². The topological polar surface area (TPSA) is 64.6 Å². The van der Waals surface area contributed by atoms with Crippen molar-refractivity contribution >= 4 is 10.0 Å². The maximum absolute atomic E-state index is 12.3. The van der Waals surface area contributed by atoms with Gasteiger partial charge in [-0.15, -0.1) is 0 Å². The number of ether oxygens (including phenoxy) is 2. The highest BCUT2D eigenvalue weighted by molar-refractivity contribution is 7.89. The van der Waals surface area contributed by atoms with Crippen LogP contribution < -0.4 is 14.2 Å². The number of rotatable bonds is 10. The average molecular weight is 363 g/mol. The summed E-state index contributed by atoms with van der Waals surface area (Å²) in [5.41, 5.74) is 1.09. The SMILES string of the molecule is CCOc1ccc(S(=O)(=O)NCCCc2ccccc2OCC)cc1. The smallest absolute Gasteiger partial charge is 0.240 e. The molecule has 0 aliphatic heterocycles. The van der Waals surface area contributed by atoms with Crippen LogP contribution in [0.5, 0.6) is 11.5 Å². The quantitative estimate of drug-likeness (QED) is 0.657. The van der Waals surface area contributed by atoms with Crippen LogP contribution in [0, 0.1) is 0 Å². The zero-order valence-corrected chi connectivity index (χ0v) is 15.5. The summed E-state index contributed by atoms with van der Waals surface area (Å²) in [5, 5.41) is 0. The molecule has 0 aliphatic carbocycles. The lowest BCUT2D eigenvalue weighted by Gasteiger charge is -2.11. The lowest BCUT2D eigenvalue weighted by Crippen LogP contribution is -2.25. The van der Waals surface area contributed by atoms with Crippen LogP contribution in [-0.4, -0.2) is 28.2 Å². The molecule has 0 unspecified atom stereocenters. The van der Waals surface area contributed by atoms with Crippen LogP contribution >= 0.6 is 0 Å². The van der Waals surface area contributed by atoms with Gasteiger partial charge in [-0.1, -0.05) is 18.2 Å². The fourth-order valence-electron chi connectivity index (χ4n) is 2.46. The summed E-state index contributed by atoms with van der Waals surface area (Å²) < 4.78 is 38.2. The third kappa shape index (κ3) is 5.76. The molecule has 2 rings (SSSR count). The average Bonchev–Trinajstić information content (AvgIpc) is 2.61. The standard InChI is InChI=1S/C19H25NO4S/c1-3-23-17-11-13-18(14-12-17)25(21,22)20-15-7-9-16-8-5-6-10-19(16)24-4-2/h5-6,8,10-14,20H,3-4,7,9,15H2,1-2H3. The fourth-order valence-corrected chi connectivity index (χ4v) is 3.53. The zero-order valence-electron chi connectivity index (χ0n) is 14.7. The Balaban J connectivity index is 1.88. The molecule has 1 N–H and O–H groups in total. The Morgan fingerprint density at radius 3 is 2.28 bits per heavy atom. The molecule has 0 atom stereocenters. The minimum atomic E-state index is -3.50. The summed E-state index contributed by atoms with van der Waals surface area (Å²) in [6.45, 7) is 5.36. The number of benzene rings is 2. The van der Waals surface area contributed by atoms with Gasteiger partial charge in [0.15, 0.2) is 0 Å². The van der Waals surface area contributed by atoms with Crippen LogP contribution in [0.2, 0.25) is 0 Å². The fraction of sp³-hybridized carbons (Fsp3) is 0.368. The second-order valence-electron chi connectivity index (χ2n) is 5.45. The van der Waals surface area contributed by atoms with Gasteiger partial charge in [0, 0.05) is 6.54 Å². The molecule has 136 valence electrons. The highest BCUT2D eigenvalue weighted by Crippen LogP contribution is 2.20. The first-order chi connectivity index (χ1) is 12.1. The lowest BCUT2D eigenvalue weighted by atomic mass is 10.1. The molecule has 0 bridgehead atoms. The predicted molar refractivity (Wildman–Crippen MR) is 98.7 cm³/mol. The summed E-state index contributed by atoms with van der Waals surface area (Å²) in [5.74, 6) is 1.52. The molecular formula is C19H25NO4S. The Kier molecular flexibility index (Phi) is 7.28. The second-order valence-corrected chi connectivity index (χ2v) is 7.21. The van der Waals surface area contributed by atoms with Gasteiger partial charge < -0.3 is 9.47 Å². The van der Waals surface area contributed by atoms with E-state index < -0.39 is 10.0 Å². The van der Waals surface area contributed by atoms with Crippen LogP contribution in [-0.2, 0) is 16.4 Å². The van der Waals surface area contributed by atoms with E-state index in [0.717, 1.165) is 17.7 Å². The number of sulfonamides is 1. The van der Waals surface area contributed by atoms with Gasteiger partial charge in [-0.3, -0.25) is 0 Å². The number of nitrogens with one attached hydrogen (secondary N) is 1. The van der Waals surface area contributed by atoms with Crippen molar-refractivity contribution in [1.29, 1.82) is 0 Å². The van der Waals surface area contributed by atoms with Gasteiger partial charge in [0.1, 0.15) is 11.5 Å². The van der Waals surface area contributed by atoms with E-state index in [1.165, 1.54) is 0 Å². The summed E-state index contributed by atoms with van der Waals surface area (Å²) in [4.78, 5) is 0.241. The Labute approximate surface area is 150 Å². The van der Waals surface area contributed by atoms with Crippen molar-refractivity contribution in [2.45, 2.75) is 31.6 Å². The third-order valence-electron chi connectivity index (χ3n) is 3.63. The summed E-state index contributed by atoms with van der Waals surface area (Å²) in [7, 11) is -3.50. The van der Waals surface area contributed by atoms with Gasteiger partial charge >= 0.3 is 0 Å². The molecule has 2 aromatic rings. The van der Waals surface area contributed by atoms with Crippen LogP contribution in [0.25, 0.3) is 0 Å². The summed E-state index contributed by atoms with van der Waals surface area (Å²) in [6, 6.07) is 14.3. The van der Waals surface area contributed by atoms with Crippen LogP contribution in [0.3, 0.4) is 0 Å². The zero-order chi connectivity index (χ0) is 18.1. The van der Waals surface area contributed by atoms with Crippen molar-refractivity contribution < 1.29 is 17.9 Å². The highest BCUT2D eigenvalue weighted by Gasteiger charge is 2.13. The molecular weight excluding hydrogens is 338 g/mol. The summed E-state index contributed by atoms with van der Waals surface area (Å²) >= 11 is 0. The van der Waals surface area contributed by atoms with Gasteiger partial charge in [0.2, 0.25) is 10.0 Å². The normalized spacial score (nSPS) is 11.3. The van der Waals surface area contributed by atoms with Crippen molar-refractivity contribution in [2.75, 3.05) is 19.8 Å². The van der Waals surface area contributed by atoms with Crippen molar-refractivity contribution in [1.82, 2.24) is 4.72 Å². The largest absolute Gasteiger partial charge is 0.494 e. The van der Waals surface area contributed by atoms with Gasteiger partial charge in [-0.25, -0.2) is 13.1 Å². The van der Waals surface area contributed by atoms with Gasteiger partial charge in [-0.05, 0) is 62.6 Å². The molecule has 5 nitrogen and oxygen atoms in total. The van der Waals surface area contributed by atoms with E-state index in [1.54, 1.807) is 24.3 Å². The van der Waals surface area contributed by atoms with E-state index in [9.17, 15) is 8.42 Å². The number of aryl methyl sites for hydroxylation is 1. The van der Waals surface area contributed by atoms with E-state index in [2.05, 4.69) is 4.72 Å². The van der Waals surface area contributed by atoms with Gasteiger partial charge in [0.25, 0.3) is 0 Å². The van der Waals surface area contributed by atoms with E-state index in [0.29, 0.717) is 31.9 Å². The molecule has 25 heavy (non-hydrogen) atoms. The van der Waals surface area contributed by atoms with Crippen LogP contribution in [0.15, 0.2) is 53.4 Å². The van der Waals surface area contributed by atoms with Gasteiger partial charge in [-0.2, -0.15) is 0 Å². The van der Waals surface area contributed by atoms with E-state index in [-0.39, 0.29) is 4.90 Å². The van der Waals surface area contributed by atoms with Crippen LogP contribution in [0.1, 0.15) is 25.8 Å². The number of hydrogen-bond donors (Lipinski definition) is 1. The third-order valence-corrected chi connectivity index (χ3v) is 5.11. The van der Waals surface area contributed by atoms with Crippen molar-refractivity contribution in [3.8, 4) is 11.5 Å². The molecule has 6 heteroatoms. The highest BCUT2D eigenvalue weighted by atomic mass is 32.2. The van der Waals surface area contributed by atoms with Crippen molar-refractivity contribution in [2.24, 2.45) is 0 Å². The molecule has 0 heterocycles. The Bertz CT molecular complexity index is 757. The molecule has 0 fully saturated rings. The Morgan fingerprint density at radius 2 is 1.60 bits per heavy atom. The van der Waals surface area contributed by atoms with E-state index in [1.807, 2.05) is 38.1 Å². The first kappa shape index (κ1) is 19.3. The molecule has 2 aromatic carbocycles. The molecule has 0 aliphatic rings. The first-order valence-electron chi connectivity index (χ1n) is 8.50. The monoisotopic (exact) mass is 363 g/mol. The minimum absolute atomic E-state index is 0.241. The molecule has 0 saturated carbocycles. The molecule has 0 aromatic heterocycles. The Morgan fingerprint density at radius 1 is 0.920 bits per heavy atom. The minimum Gasteiger partial charge on any atom is -0.494 e. The molecule has 0 amide bonds. The first-order valence-corrected chi connectivity index (χ1v) is 9.98. The van der Waals surface area contributed by atoms with Gasteiger partial charge in [0.05, 0.1) is 18.1 Å². The maximum atomic E-state index is 12.3. The van der Waals surface area contributed by atoms with Crippen molar-refractivity contribution in [3.63, 3.8) is 0 Å². The Hall–Kier alpha value is -2.05. The maximum Gasteiger partial charge on any atom is 0.240 e. The molecule has 0 radical (unpaired) electrons. The number of hydrogen-bond acceptors (Lipinski definition) is 4. The number of para-hydroxylation sites is 1. The second kappa shape index (κ2) is 9.44. The van der Waals surface area contributed by atoms with Crippen LogP contribution in [0.4, 0.5) is 0 Å². The molecule has 0 spiro atoms. The summed E-state index contributed by atoms with van der Waals surface area (Å²) in [6.07, 6.45) is 1.45.